The molecule has 1 N–H and O–H groups in total. The van der Waals surface area contributed by atoms with Gasteiger partial charge < -0.3 is 9.84 Å². The Morgan fingerprint density at radius 3 is 2.62 bits per heavy atom. The lowest BCUT2D eigenvalue weighted by Gasteiger charge is -2.12. The standard InChI is InChI=1S/C19H16FNO4S/c1-2-25-15-7-8-16(22)13(9-15)10-17-18(23)21(19(24)26-17)11-12-3-5-14(20)6-4-12/h3-10,22H,2,11H2,1H3/b17-10-. The van der Waals surface area contributed by atoms with E-state index < -0.39 is 11.1 Å². The first-order valence-electron chi connectivity index (χ1n) is 7.93. The zero-order chi connectivity index (χ0) is 18.7. The van der Waals surface area contributed by atoms with Crippen molar-refractivity contribution < 1.29 is 23.8 Å². The monoisotopic (exact) mass is 373 g/mol. The Balaban J connectivity index is 1.83. The van der Waals surface area contributed by atoms with Crippen LogP contribution in [0.15, 0.2) is 47.4 Å². The molecule has 0 saturated carbocycles. The Kier molecular flexibility index (Phi) is 5.27. The fourth-order valence-electron chi connectivity index (χ4n) is 2.45. The summed E-state index contributed by atoms with van der Waals surface area (Å²) in [5.74, 6) is -0.293. The maximum absolute atomic E-state index is 13.0. The van der Waals surface area contributed by atoms with Gasteiger partial charge in [-0.2, -0.15) is 0 Å². The van der Waals surface area contributed by atoms with Gasteiger partial charge in [0.2, 0.25) is 0 Å². The number of nitrogens with zero attached hydrogens (tertiary/aromatic N) is 1. The summed E-state index contributed by atoms with van der Waals surface area (Å²) >= 11 is 0.799. The number of rotatable bonds is 5. The fraction of sp³-hybridized carbons (Fsp3) is 0.158. The maximum atomic E-state index is 13.0. The van der Waals surface area contributed by atoms with Gasteiger partial charge in [0.25, 0.3) is 11.1 Å². The molecule has 1 heterocycles. The van der Waals surface area contributed by atoms with Crippen LogP contribution in [0, 0.1) is 5.82 Å². The molecule has 0 aromatic heterocycles. The van der Waals surface area contributed by atoms with Gasteiger partial charge in [0, 0.05) is 5.56 Å². The summed E-state index contributed by atoms with van der Waals surface area (Å²) in [6.07, 6.45) is 1.47. The van der Waals surface area contributed by atoms with Crippen LogP contribution < -0.4 is 4.74 Å². The average Bonchev–Trinajstić information content (AvgIpc) is 2.87. The number of aromatic hydroxyl groups is 1. The van der Waals surface area contributed by atoms with E-state index in [-0.39, 0.29) is 23.0 Å². The lowest BCUT2D eigenvalue weighted by molar-refractivity contribution is -0.123. The SMILES string of the molecule is CCOc1ccc(O)c(/C=C2\SC(=O)N(Cc3ccc(F)cc3)C2=O)c1. The van der Waals surface area contributed by atoms with E-state index in [1.807, 2.05) is 6.92 Å². The van der Waals surface area contributed by atoms with E-state index in [0.29, 0.717) is 23.5 Å². The van der Waals surface area contributed by atoms with Crippen LogP contribution in [0.5, 0.6) is 11.5 Å². The minimum Gasteiger partial charge on any atom is -0.507 e. The Hall–Kier alpha value is -2.80. The number of imide groups is 1. The highest BCUT2D eigenvalue weighted by atomic mass is 32.2. The summed E-state index contributed by atoms with van der Waals surface area (Å²) < 4.78 is 18.4. The van der Waals surface area contributed by atoms with Gasteiger partial charge in [-0.15, -0.1) is 0 Å². The highest BCUT2D eigenvalue weighted by Gasteiger charge is 2.35. The molecule has 26 heavy (non-hydrogen) atoms. The van der Waals surface area contributed by atoms with Gasteiger partial charge in [-0.25, -0.2) is 4.39 Å². The summed E-state index contributed by atoms with van der Waals surface area (Å²) in [5.41, 5.74) is 1.04. The number of halogens is 1. The van der Waals surface area contributed by atoms with Crippen LogP contribution in [0.3, 0.4) is 0 Å². The van der Waals surface area contributed by atoms with Crippen LogP contribution in [0.25, 0.3) is 6.08 Å². The fourth-order valence-corrected chi connectivity index (χ4v) is 3.28. The van der Waals surface area contributed by atoms with Crippen LogP contribution in [0.4, 0.5) is 9.18 Å². The van der Waals surface area contributed by atoms with Crippen molar-refractivity contribution in [1.82, 2.24) is 4.90 Å². The molecular formula is C19H16FNO4S. The molecule has 1 aliphatic rings. The van der Waals surface area contributed by atoms with E-state index >= 15 is 0 Å². The number of thioether (sulfide) groups is 1. The van der Waals surface area contributed by atoms with Gasteiger partial charge in [-0.3, -0.25) is 14.5 Å². The van der Waals surface area contributed by atoms with Crippen molar-refractivity contribution in [2.45, 2.75) is 13.5 Å². The predicted octanol–water partition coefficient (Wildman–Crippen LogP) is 4.17. The molecule has 1 fully saturated rings. The quantitative estimate of drug-likeness (QED) is 0.797. The third kappa shape index (κ3) is 3.88. The lowest BCUT2D eigenvalue weighted by atomic mass is 10.1. The molecule has 1 aliphatic heterocycles. The Morgan fingerprint density at radius 1 is 1.19 bits per heavy atom. The predicted molar refractivity (Wildman–Crippen MR) is 97.2 cm³/mol. The summed E-state index contributed by atoms with van der Waals surface area (Å²) in [7, 11) is 0. The molecule has 2 amide bonds. The molecule has 0 radical (unpaired) electrons. The number of ether oxygens (including phenoxy) is 1. The smallest absolute Gasteiger partial charge is 0.293 e. The molecule has 2 aromatic rings. The van der Waals surface area contributed by atoms with Crippen LogP contribution in [0.2, 0.25) is 0 Å². The first-order valence-corrected chi connectivity index (χ1v) is 8.75. The van der Waals surface area contributed by atoms with Gasteiger partial charge in [0.1, 0.15) is 17.3 Å². The normalized spacial score (nSPS) is 15.8. The van der Waals surface area contributed by atoms with Crippen LogP contribution >= 0.6 is 11.8 Å². The second-order valence-corrected chi connectivity index (χ2v) is 6.54. The van der Waals surface area contributed by atoms with Gasteiger partial charge >= 0.3 is 0 Å². The number of carbonyl (C=O) groups is 2. The molecule has 7 heteroatoms. The first-order chi connectivity index (χ1) is 12.5. The molecule has 5 nitrogen and oxygen atoms in total. The zero-order valence-electron chi connectivity index (χ0n) is 13.9. The van der Waals surface area contributed by atoms with Crippen molar-refractivity contribution in [3.05, 3.63) is 64.3 Å². The molecule has 3 rings (SSSR count). The van der Waals surface area contributed by atoms with Gasteiger partial charge in [0.05, 0.1) is 18.1 Å². The van der Waals surface area contributed by atoms with E-state index in [4.69, 9.17) is 4.74 Å². The largest absolute Gasteiger partial charge is 0.507 e. The van der Waals surface area contributed by atoms with Crippen LogP contribution in [0.1, 0.15) is 18.1 Å². The Bertz CT molecular complexity index is 880. The van der Waals surface area contributed by atoms with Gasteiger partial charge in [-0.05, 0) is 60.7 Å². The number of phenols is 1. The molecule has 1 saturated heterocycles. The summed E-state index contributed by atoms with van der Waals surface area (Å²) in [5, 5.41) is 9.58. The second-order valence-electron chi connectivity index (χ2n) is 5.55. The molecule has 0 spiro atoms. The van der Waals surface area contributed by atoms with Crippen LogP contribution in [-0.4, -0.2) is 27.8 Å². The summed E-state index contributed by atoms with van der Waals surface area (Å²) in [6.45, 7) is 2.37. The van der Waals surface area contributed by atoms with Crippen molar-refractivity contribution in [3.63, 3.8) is 0 Å². The van der Waals surface area contributed by atoms with Crippen LogP contribution in [-0.2, 0) is 11.3 Å². The van der Waals surface area contributed by atoms with Crippen molar-refractivity contribution in [2.75, 3.05) is 6.61 Å². The Labute approximate surface area is 154 Å². The number of benzene rings is 2. The second kappa shape index (κ2) is 7.61. The van der Waals surface area contributed by atoms with Crippen molar-refractivity contribution in [1.29, 1.82) is 0 Å². The van der Waals surface area contributed by atoms with E-state index in [2.05, 4.69) is 0 Å². The minimum absolute atomic E-state index is 0.0150. The molecule has 0 unspecified atom stereocenters. The first kappa shape index (κ1) is 18.0. The minimum atomic E-state index is -0.453. The summed E-state index contributed by atoms with van der Waals surface area (Å²) in [6, 6.07) is 10.3. The van der Waals surface area contributed by atoms with E-state index in [1.165, 1.54) is 36.4 Å². The van der Waals surface area contributed by atoms with Crippen molar-refractivity contribution >= 4 is 29.0 Å². The maximum Gasteiger partial charge on any atom is 0.293 e. The van der Waals surface area contributed by atoms with E-state index in [0.717, 1.165) is 16.7 Å². The third-order valence-electron chi connectivity index (χ3n) is 3.72. The number of amides is 2. The van der Waals surface area contributed by atoms with E-state index in [1.54, 1.807) is 12.1 Å². The third-order valence-corrected chi connectivity index (χ3v) is 4.63. The molecule has 134 valence electrons. The average molecular weight is 373 g/mol. The zero-order valence-corrected chi connectivity index (χ0v) is 14.8. The topological polar surface area (TPSA) is 66.8 Å². The number of phenolic OH excluding ortho intramolecular Hbond substituents is 1. The number of hydrogen-bond acceptors (Lipinski definition) is 5. The number of hydrogen-bond donors (Lipinski definition) is 1. The van der Waals surface area contributed by atoms with Crippen molar-refractivity contribution in [3.8, 4) is 11.5 Å². The molecule has 2 aromatic carbocycles. The molecule has 0 bridgehead atoms. The van der Waals surface area contributed by atoms with Crippen molar-refractivity contribution in [2.24, 2.45) is 0 Å². The lowest BCUT2D eigenvalue weighted by Crippen LogP contribution is -2.27. The van der Waals surface area contributed by atoms with Gasteiger partial charge in [-0.1, -0.05) is 12.1 Å². The van der Waals surface area contributed by atoms with E-state index in [9.17, 15) is 19.1 Å². The highest BCUT2D eigenvalue weighted by molar-refractivity contribution is 8.18. The highest BCUT2D eigenvalue weighted by Crippen LogP contribution is 2.35. The molecular weight excluding hydrogens is 357 g/mol. The summed E-state index contributed by atoms with van der Waals surface area (Å²) in [4.78, 5) is 26.0. The molecule has 0 aliphatic carbocycles. The van der Waals surface area contributed by atoms with Gasteiger partial charge in [0.15, 0.2) is 0 Å². The molecule has 0 atom stereocenters. The Morgan fingerprint density at radius 2 is 1.92 bits per heavy atom. The number of carbonyl (C=O) groups excluding carboxylic acids is 2.